The molecule has 0 spiro atoms. The highest BCUT2D eigenvalue weighted by Crippen LogP contribution is 2.34. The molecule has 1 aliphatic carbocycles. The third-order valence-corrected chi connectivity index (χ3v) is 7.41. The molecule has 1 saturated carbocycles. The van der Waals surface area contributed by atoms with Gasteiger partial charge in [0.1, 0.15) is 5.52 Å². The van der Waals surface area contributed by atoms with Crippen LogP contribution in [0.2, 0.25) is 0 Å². The van der Waals surface area contributed by atoms with E-state index in [1.54, 1.807) is 10.8 Å². The molecule has 4 aromatic heterocycles. The molecule has 7 nitrogen and oxygen atoms in total. The lowest BCUT2D eigenvalue weighted by Crippen LogP contribution is -2.35. The predicted octanol–water partition coefficient (Wildman–Crippen LogP) is 4.54. The van der Waals surface area contributed by atoms with Crippen molar-refractivity contribution < 1.29 is 0 Å². The maximum absolute atomic E-state index is 13.4. The Morgan fingerprint density at radius 1 is 0.941 bits per heavy atom. The largest absolute Gasteiger partial charge is 0.329 e. The van der Waals surface area contributed by atoms with Crippen LogP contribution >= 0.6 is 0 Å². The van der Waals surface area contributed by atoms with Gasteiger partial charge in [-0.05, 0) is 64.0 Å². The number of aromatic nitrogens is 5. The minimum atomic E-state index is 0.0113. The number of para-hydroxylation sites is 1. The molecule has 172 valence electrons. The van der Waals surface area contributed by atoms with Crippen molar-refractivity contribution in [1.29, 1.82) is 0 Å². The van der Waals surface area contributed by atoms with Crippen LogP contribution < -0.4 is 5.69 Å². The zero-order valence-electron chi connectivity index (χ0n) is 19.8. The summed E-state index contributed by atoms with van der Waals surface area (Å²) < 4.78 is 3.70. The van der Waals surface area contributed by atoms with Crippen LogP contribution in [0.15, 0.2) is 59.7 Å². The summed E-state index contributed by atoms with van der Waals surface area (Å²) in [6.07, 6.45) is 7.82. The minimum Gasteiger partial charge on any atom is -0.306 e. The lowest BCUT2D eigenvalue weighted by Gasteiger charge is -2.33. The molecule has 0 amide bonds. The summed E-state index contributed by atoms with van der Waals surface area (Å²) in [5.74, 6) is 0. The fourth-order valence-corrected chi connectivity index (χ4v) is 5.43. The van der Waals surface area contributed by atoms with E-state index in [0.29, 0.717) is 6.04 Å². The molecule has 0 unspecified atom stereocenters. The van der Waals surface area contributed by atoms with Crippen molar-refractivity contribution in [3.8, 4) is 11.3 Å². The summed E-state index contributed by atoms with van der Waals surface area (Å²) >= 11 is 0. The molecule has 5 aromatic rings. The van der Waals surface area contributed by atoms with Crippen LogP contribution in [0.3, 0.4) is 0 Å². The first-order chi connectivity index (χ1) is 16.5. The van der Waals surface area contributed by atoms with Crippen molar-refractivity contribution in [2.45, 2.75) is 37.8 Å². The van der Waals surface area contributed by atoms with Crippen LogP contribution in [-0.4, -0.2) is 49.1 Å². The average molecular weight is 453 g/mol. The van der Waals surface area contributed by atoms with Gasteiger partial charge in [0, 0.05) is 36.3 Å². The quantitative estimate of drug-likeness (QED) is 0.402. The van der Waals surface area contributed by atoms with Gasteiger partial charge in [-0.25, -0.2) is 9.78 Å². The third-order valence-electron chi connectivity index (χ3n) is 7.41. The van der Waals surface area contributed by atoms with Crippen LogP contribution in [-0.2, 0) is 7.05 Å². The number of imidazole rings is 1. The molecule has 4 heterocycles. The molecule has 0 saturated heterocycles. The summed E-state index contributed by atoms with van der Waals surface area (Å²) in [5, 5.41) is 1.08. The highest BCUT2D eigenvalue weighted by Gasteiger charge is 2.28. The predicted molar refractivity (Wildman–Crippen MR) is 136 cm³/mol. The molecule has 0 N–H and O–H groups in total. The van der Waals surface area contributed by atoms with Crippen LogP contribution in [0.1, 0.15) is 31.7 Å². The maximum atomic E-state index is 13.4. The number of benzene rings is 1. The van der Waals surface area contributed by atoms with E-state index in [2.05, 4.69) is 41.1 Å². The molecule has 1 fully saturated rings. The Bertz CT molecular complexity index is 1590. The first kappa shape index (κ1) is 21.0. The van der Waals surface area contributed by atoms with E-state index in [9.17, 15) is 4.79 Å². The van der Waals surface area contributed by atoms with Gasteiger partial charge < -0.3 is 4.90 Å². The molecule has 0 atom stereocenters. The van der Waals surface area contributed by atoms with Crippen LogP contribution in [0.5, 0.6) is 0 Å². The molecule has 34 heavy (non-hydrogen) atoms. The smallest absolute Gasteiger partial charge is 0.306 e. The first-order valence-electron chi connectivity index (χ1n) is 11.9. The molecule has 1 aliphatic rings. The average Bonchev–Trinajstić information content (AvgIpc) is 3.13. The highest BCUT2D eigenvalue weighted by atomic mass is 16.1. The number of hydrogen-bond donors (Lipinski definition) is 0. The second kappa shape index (κ2) is 8.02. The van der Waals surface area contributed by atoms with E-state index in [0.717, 1.165) is 69.9 Å². The van der Waals surface area contributed by atoms with Crippen LogP contribution in [0, 0.1) is 0 Å². The van der Waals surface area contributed by atoms with E-state index < -0.39 is 0 Å². The fourth-order valence-electron chi connectivity index (χ4n) is 5.43. The molecule has 0 radical (unpaired) electrons. The Kier molecular flexibility index (Phi) is 4.95. The Balaban J connectivity index is 1.52. The van der Waals surface area contributed by atoms with Gasteiger partial charge in [-0.2, -0.15) is 0 Å². The van der Waals surface area contributed by atoms with Crippen molar-refractivity contribution in [1.82, 2.24) is 29.0 Å². The molecule has 0 bridgehead atoms. The van der Waals surface area contributed by atoms with Gasteiger partial charge in [0.05, 0.1) is 34.0 Å². The fraction of sp³-hybridized carbons (Fsp3) is 0.333. The number of pyridine rings is 3. The lowest BCUT2D eigenvalue weighted by molar-refractivity contribution is 0.195. The topological polar surface area (TPSA) is 68.8 Å². The second-order valence-electron chi connectivity index (χ2n) is 9.61. The number of hydrogen-bond acceptors (Lipinski definition) is 5. The van der Waals surface area contributed by atoms with Gasteiger partial charge in [0.25, 0.3) is 0 Å². The zero-order valence-corrected chi connectivity index (χ0v) is 19.8. The maximum Gasteiger partial charge on any atom is 0.329 e. The van der Waals surface area contributed by atoms with Crippen LogP contribution in [0.4, 0.5) is 0 Å². The highest BCUT2D eigenvalue weighted by molar-refractivity contribution is 6.00. The van der Waals surface area contributed by atoms with Gasteiger partial charge >= 0.3 is 5.69 Å². The van der Waals surface area contributed by atoms with Gasteiger partial charge in [0.2, 0.25) is 0 Å². The third kappa shape index (κ3) is 3.30. The standard InChI is InChI=1S/C27H28N6O/c1-31(2)19-8-10-20(11-9-19)33-26-24(32(3)27(33)34)16-29-23-13-12-22(30-25(23)26)18-14-17-6-4-5-7-21(17)28-15-18/h4-7,12-16,19-20H,8-11H2,1-3H3. The van der Waals surface area contributed by atoms with E-state index in [4.69, 9.17) is 4.98 Å². The Morgan fingerprint density at radius 3 is 2.50 bits per heavy atom. The summed E-state index contributed by atoms with van der Waals surface area (Å²) in [6.45, 7) is 0. The first-order valence-corrected chi connectivity index (χ1v) is 11.9. The van der Waals surface area contributed by atoms with Crippen molar-refractivity contribution in [2.75, 3.05) is 14.1 Å². The molecular formula is C27H28N6O. The van der Waals surface area contributed by atoms with Gasteiger partial charge in [-0.15, -0.1) is 0 Å². The zero-order chi connectivity index (χ0) is 23.4. The van der Waals surface area contributed by atoms with E-state index in [1.165, 1.54) is 0 Å². The van der Waals surface area contributed by atoms with Crippen LogP contribution in [0.25, 0.3) is 44.2 Å². The second-order valence-corrected chi connectivity index (χ2v) is 9.61. The molecule has 0 aliphatic heterocycles. The molecule has 6 rings (SSSR count). The normalized spacial score (nSPS) is 18.9. The number of rotatable bonds is 3. The summed E-state index contributed by atoms with van der Waals surface area (Å²) in [6, 6.07) is 14.9. The number of aryl methyl sites for hydroxylation is 1. The molecular weight excluding hydrogens is 424 g/mol. The Labute approximate surface area is 197 Å². The lowest BCUT2D eigenvalue weighted by atomic mass is 9.90. The molecule has 1 aromatic carbocycles. The molecule has 7 heteroatoms. The SMILES string of the molecule is CN(C)C1CCC(n2c(=O)n(C)c3cnc4ccc(-c5cnc6ccccc6c5)nc4c32)CC1. The Morgan fingerprint density at radius 2 is 1.71 bits per heavy atom. The number of fused-ring (bicyclic) bond motifs is 4. The Hall–Kier alpha value is -3.58. The van der Waals surface area contributed by atoms with Gasteiger partial charge in [0.15, 0.2) is 0 Å². The summed E-state index contributed by atoms with van der Waals surface area (Å²) in [7, 11) is 6.11. The van der Waals surface area contributed by atoms with E-state index in [1.807, 2.05) is 48.1 Å². The minimum absolute atomic E-state index is 0.0113. The van der Waals surface area contributed by atoms with Gasteiger partial charge in [-0.3, -0.25) is 19.1 Å². The van der Waals surface area contributed by atoms with E-state index >= 15 is 0 Å². The van der Waals surface area contributed by atoms with Crippen molar-refractivity contribution in [3.63, 3.8) is 0 Å². The summed E-state index contributed by atoms with van der Waals surface area (Å²) in [5.41, 5.74) is 6.04. The van der Waals surface area contributed by atoms with Gasteiger partial charge in [-0.1, -0.05) is 18.2 Å². The van der Waals surface area contributed by atoms with Crippen molar-refractivity contribution >= 4 is 33.0 Å². The van der Waals surface area contributed by atoms with E-state index in [-0.39, 0.29) is 11.7 Å². The van der Waals surface area contributed by atoms with Crippen molar-refractivity contribution in [3.05, 3.63) is 65.3 Å². The van der Waals surface area contributed by atoms with Crippen molar-refractivity contribution in [2.24, 2.45) is 7.05 Å². The number of nitrogens with zero attached hydrogens (tertiary/aromatic N) is 6. The monoisotopic (exact) mass is 452 g/mol. The summed E-state index contributed by atoms with van der Waals surface area (Å²) in [4.78, 5) is 30.0.